The molecule has 0 unspecified atom stereocenters. The summed E-state index contributed by atoms with van der Waals surface area (Å²) in [5.41, 5.74) is 2.50. The molecule has 0 aromatic heterocycles. The molecule has 0 saturated heterocycles. The van der Waals surface area contributed by atoms with Crippen molar-refractivity contribution >= 4 is 11.4 Å². The molecule has 21 heavy (non-hydrogen) atoms. The number of hydrogen-bond acceptors (Lipinski definition) is 2. The largest absolute Gasteiger partial charge is 0.345 e. The maximum Gasteiger partial charge on any atom is 0.125 e. The zero-order valence-corrected chi connectivity index (χ0v) is 11.9. The van der Waals surface area contributed by atoms with Gasteiger partial charge in [0.25, 0.3) is 0 Å². The maximum absolute atomic E-state index is 13.8. The molecule has 1 N–H and O–H groups in total. The smallest absolute Gasteiger partial charge is 0.125 e. The SMILES string of the molecule is CN(c1ccc(F)cc1)c1cc(F)cc(CNC2CC2)c1. The van der Waals surface area contributed by atoms with Crippen molar-refractivity contribution in [1.82, 2.24) is 5.32 Å². The zero-order chi connectivity index (χ0) is 14.8. The van der Waals surface area contributed by atoms with Crippen LogP contribution in [0.2, 0.25) is 0 Å². The molecule has 1 aliphatic carbocycles. The number of benzene rings is 2. The molecule has 1 fully saturated rings. The van der Waals surface area contributed by atoms with Gasteiger partial charge in [0.2, 0.25) is 0 Å². The van der Waals surface area contributed by atoms with Gasteiger partial charge in [0, 0.05) is 31.0 Å². The van der Waals surface area contributed by atoms with Gasteiger partial charge in [-0.05, 0) is 60.9 Å². The summed E-state index contributed by atoms with van der Waals surface area (Å²) >= 11 is 0. The molecule has 0 heterocycles. The standard InChI is InChI=1S/C17H18F2N2/c1-21(16-6-2-13(18)3-7-16)17-9-12(8-14(19)10-17)11-20-15-4-5-15/h2-3,6-10,15,20H,4-5,11H2,1H3. The summed E-state index contributed by atoms with van der Waals surface area (Å²) in [5, 5.41) is 3.38. The second-order valence-corrected chi connectivity index (χ2v) is 5.51. The number of halogens is 2. The molecule has 0 atom stereocenters. The molecule has 0 radical (unpaired) electrons. The summed E-state index contributed by atoms with van der Waals surface area (Å²) < 4.78 is 26.8. The molecule has 0 aliphatic heterocycles. The summed E-state index contributed by atoms with van der Waals surface area (Å²) in [6, 6.07) is 11.8. The Bertz CT molecular complexity index is 621. The molecular formula is C17H18F2N2. The van der Waals surface area contributed by atoms with Gasteiger partial charge in [-0.25, -0.2) is 8.78 Å². The zero-order valence-electron chi connectivity index (χ0n) is 11.9. The highest BCUT2D eigenvalue weighted by Gasteiger charge is 2.20. The lowest BCUT2D eigenvalue weighted by atomic mass is 10.1. The van der Waals surface area contributed by atoms with Crippen LogP contribution in [0.15, 0.2) is 42.5 Å². The Hall–Kier alpha value is -1.94. The maximum atomic E-state index is 13.8. The summed E-state index contributed by atoms with van der Waals surface area (Å²) in [4.78, 5) is 1.85. The first-order valence-corrected chi connectivity index (χ1v) is 7.14. The lowest BCUT2D eigenvalue weighted by Gasteiger charge is -2.20. The van der Waals surface area contributed by atoms with Gasteiger partial charge >= 0.3 is 0 Å². The molecule has 2 aromatic carbocycles. The predicted octanol–water partition coefficient (Wildman–Crippen LogP) is 3.98. The Morgan fingerprint density at radius 2 is 1.71 bits per heavy atom. The van der Waals surface area contributed by atoms with Crippen LogP contribution in [0.3, 0.4) is 0 Å². The van der Waals surface area contributed by atoms with Gasteiger partial charge in [0.05, 0.1) is 0 Å². The lowest BCUT2D eigenvalue weighted by molar-refractivity contribution is 0.619. The lowest BCUT2D eigenvalue weighted by Crippen LogP contribution is -2.16. The number of hydrogen-bond donors (Lipinski definition) is 1. The van der Waals surface area contributed by atoms with Crippen LogP contribution in [-0.2, 0) is 6.54 Å². The molecular weight excluding hydrogens is 270 g/mol. The van der Waals surface area contributed by atoms with E-state index in [2.05, 4.69) is 5.32 Å². The fourth-order valence-corrected chi connectivity index (χ4v) is 2.29. The molecule has 2 nitrogen and oxygen atoms in total. The van der Waals surface area contributed by atoms with E-state index in [1.54, 1.807) is 18.2 Å². The summed E-state index contributed by atoms with van der Waals surface area (Å²) in [6.07, 6.45) is 2.41. The van der Waals surface area contributed by atoms with Crippen LogP contribution in [0.25, 0.3) is 0 Å². The molecule has 1 saturated carbocycles. The first-order chi connectivity index (χ1) is 10.1. The molecule has 0 spiro atoms. The molecule has 110 valence electrons. The van der Waals surface area contributed by atoms with Gasteiger partial charge in [-0.2, -0.15) is 0 Å². The Labute approximate surface area is 123 Å². The first kappa shape index (κ1) is 14.0. The molecule has 0 bridgehead atoms. The fraction of sp³-hybridized carbons (Fsp3) is 0.294. The van der Waals surface area contributed by atoms with E-state index >= 15 is 0 Å². The minimum absolute atomic E-state index is 0.256. The van der Waals surface area contributed by atoms with Gasteiger partial charge in [-0.3, -0.25) is 0 Å². The van der Waals surface area contributed by atoms with Crippen molar-refractivity contribution in [3.8, 4) is 0 Å². The van der Waals surface area contributed by atoms with Gasteiger partial charge in [-0.15, -0.1) is 0 Å². The van der Waals surface area contributed by atoms with Gasteiger partial charge in [0.1, 0.15) is 11.6 Å². The highest BCUT2D eigenvalue weighted by atomic mass is 19.1. The quantitative estimate of drug-likeness (QED) is 0.895. The molecule has 1 aliphatic rings. The van der Waals surface area contributed by atoms with E-state index in [9.17, 15) is 8.78 Å². The molecule has 4 heteroatoms. The van der Waals surface area contributed by atoms with Crippen molar-refractivity contribution in [2.75, 3.05) is 11.9 Å². The van der Waals surface area contributed by atoms with Crippen LogP contribution < -0.4 is 10.2 Å². The average Bonchev–Trinajstić information content (AvgIpc) is 3.29. The summed E-state index contributed by atoms with van der Waals surface area (Å²) in [7, 11) is 1.85. The van der Waals surface area contributed by atoms with Gasteiger partial charge in [0.15, 0.2) is 0 Å². The Morgan fingerprint density at radius 1 is 1.00 bits per heavy atom. The minimum atomic E-state index is -0.277. The number of rotatable bonds is 5. The van der Waals surface area contributed by atoms with E-state index in [1.165, 1.54) is 31.0 Å². The van der Waals surface area contributed by atoms with Crippen LogP contribution in [0.1, 0.15) is 18.4 Å². The Morgan fingerprint density at radius 3 is 2.38 bits per heavy atom. The normalized spacial score (nSPS) is 14.2. The third-order valence-corrected chi connectivity index (χ3v) is 3.72. The third-order valence-electron chi connectivity index (χ3n) is 3.72. The van der Waals surface area contributed by atoms with Crippen LogP contribution in [-0.4, -0.2) is 13.1 Å². The van der Waals surface area contributed by atoms with Crippen molar-refractivity contribution < 1.29 is 8.78 Å². The predicted molar refractivity (Wildman–Crippen MR) is 80.7 cm³/mol. The van der Waals surface area contributed by atoms with Crippen molar-refractivity contribution in [2.24, 2.45) is 0 Å². The van der Waals surface area contributed by atoms with Gasteiger partial charge in [-0.1, -0.05) is 0 Å². The second-order valence-electron chi connectivity index (χ2n) is 5.51. The van der Waals surface area contributed by atoms with Crippen LogP contribution >= 0.6 is 0 Å². The van der Waals surface area contributed by atoms with Crippen LogP contribution in [0.5, 0.6) is 0 Å². The number of nitrogens with one attached hydrogen (secondary N) is 1. The van der Waals surface area contributed by atoms with Gasteiger partial charge < -0.3 is 10.2 Å². The highest BCUT2D eigenvalue weighted by molar-refractivity contribution is 5.63. The van der Waals surface area contributed by atoms with Crippen molar-refractivity contribution in [1.29, 1.82) is 0 Å². The monoisotopic (exact) mass is 288 g/mol. The Kier molecular flexibility index (Phi) is 3.88. The van der Waals surface area contributed by atoms with E-state index in [-0.39, 0.29) is 11.6 Å². The van der Waals surface area contributed by atoms with Crippen molar-refractivity contribution in [3.05, 3.63) is 59.7 Å². The number of nitrogens with zero attached hydrogens (tertiary/aromatic N) is 1. The van der Waals surface area contributed by atoms with Crippen molar-refractivity contribution in [2.45, 2.75) is 25.4 Å². The first-order valence-electron chi connectivity index (χ1n) is 7.14. The average molecular weight is 288 g/mol. The second kappa shape index (κ2) is 5.82. The van der Waals surface area contributed by atoms with Crippen LogP contribution in [0.4, 0.5) is 20.2 Å². The fourth-order valence-electron chi connectivity index (χ4n) is 2.29. The topological polar surface area (TPSA) is 15.3 Å². The van der Waals surface area contributed by atoms with E-state index in [0.717, 1.165) is 16.9 Å². The highest BCUT2D eigenvalue weighted by Crippen LogP contribution is 2.26. The van der Waals surface area contributed by atoms with E-state index in [1.807, 2.05) is 18.0 Å². The molecule has 2 aromatic rings. The molecule has 3 rings (SSSR count). The van der Waals surface area contributed by atoms with E-state index in [0.29, 0.717) is 12.6 Å². The molecule has 0 amide bonds. The Balaban J connectivity index is 1.80. The van der Waals surface area contributed by atoms with Crippen LogP contribution in [0, 0.1) is 11.6 Å². The third kappa shape index (κ3) is 3.58. The van der Waals surface area contributed by atoms with E-state index < -0.39 is 0 Å². The van der Waals surface area contributed by atoms with E-state index in [4.69, 9.17) is 0 Å². The minimum Gasteiger partial charge on any atom is -0.345 e. The summed E-state index contributed by atoms with van der Waals surface area (Å²) in [6.45, 7) is 0.673. The number of anilines is 2. The summed E-state index contributed by atoms with van der Waals surface area (Å²) in [5.74, 6) is -0.533. The van der Waals surface area contributed by atoms with Crippen molar-refractivity contribution in [3.63, 3.8) is 0 Å².